The van der Waals surface area contributed by atoms with Gasteiger partial charge in [-0.2, -0.15) is 0 Å². The quantitative estimate of drug-likeness (QED) is 0.403. The van der Waals surface area contributed by atoms with Crippen molar-refractivity contribution in [3.8, 4) is 5.75 Å². The Hall–Kier alpha value is -3.11. The molecule has 3 aromatic rings. The molecule has 1 unspecified atom stereocenters. The number of fused-ring (bicyclic) bond motifs is 3. The van der Waals surface area contributed by atoms with E-state index in [1.54, 1.807) is 0 Å². The summed E-state index contributed by atoms with van der Waals surface area (Å²) in [7, 11) is 0. The number of likely N-dealkylation sites (tertiary alicyclic amines) is 1. The topological polar surface area (TPSA) is 34.5 Å². The third-order valence-corrected chi connectivity index (χ3v) is 8.00. The van der Waals surface area contributed by atoms with Crippen molar-refractivity contribution in [2.24, 2.45) is 11.8 Å². The lowest BCUT2D eigenvalue weighted by Gasteiger charge is -2.32. The maximum absolute atomic E-state index is 13.3. The summed E-state index contributed by atoms with van der Waals surface area (Å²) >= 11 is 0. The van der Waals surface area contributed by atoms with Crippen LogP contribution >= 0.6 is 0 Å². The summed E-state index contributed by atoms with van der Waals surface area (Å²) in [5, 5.41) is 1.11. The predicted molar refractivity (Wildman–Crippen MR) is 141 cm³/mol. The van der Waals surface area contributed by atoms with Crippen LogP contribution in [0.3, 0.4) is 0 Å². The molecule has 2 aromatic carbocycles. The molecule has 3 heterocycles. The average molecular weight is 467 g/mol. The Balaban J connectivity index is 1.05. The molecule has 0 bridgehead atoms. The van der Waals surface area contributed by atoms with Crippen LogP contribution in [0.4, 0.5) is 0 Å². The Labute approximate surface area is 207 Å². The second-order valence-electron chi connectivity index (χ2n) is 10.4. The molecule has 3 aliphatic rings. The summed E-state index contributed by atoms with van der Waals surface area (Å²) in [5.74, 6) is 1.98. The highest BCUT2D eigenvalue weighted by Gasteiger charge is 2.34. The summed E-state index contributed by atoms with van der Waals surface area (Å²) in [6.45, 7) is 4.75. The molecule has 35 heavy (non-hydrogen) atoms. The molecule has 0 radical (unpaired) electrons. The second-order valence-corrected chi connectivity index (χ2v) is 10.4. The molecule has 0 N–H and O–H groups in total. The molecule has 0 spiro atoms. The van der Waals surface area contributed by atoms with Gasteiger partial charge in [-0.1, -0.05) is 48.6 Å². The normalized spacial score (nSPS) is 20.9. The third-order valence-electron chi connectivity index (χ3n) is 8.00. The van der Waals surface area contributed by atoms with Crippen molar-refractivity contribution in [2.75, 3.05) is 19.7 Å². The number of ketones is 1. The van der Waals surface area contributed by atoms with E-state index in [9.17, 15) is 4.79 Å². The highest BCUT2D eigenvalue weighted by Crippen LogP contribution is 2.35. The van der Waals surface area contributed by atoms with E-state index in [2.05, 4.69) is 82.3 Å². The second kappa shape index (κ2) is 9.87. The number of hydrogen-bond donors (Lipinski definition) is 0. The predicted octanol–water partition coefficient (Wildman–Crippen LogP) is 6.41. The van der Waals surface area contributed by atoms with Crippen LogP contribution in [0.5, 0.6) is 5.75 Å². The largest absolute Gasteiger partial charge is 0.489 e. The van der Waals surface area contributed by atoms with Crippen molar-refractivity contribution in [2.45, 2.75) is 45.2 Å². The van der Waals surface area contributed by atoms with Crippen LogP contribution in [0.15, 0.2) is 78.4 Å². The summed E-state index contributed by atoms with van der Waals surface area (Å²) in [5.41, 5.74) is 4.75. The molecular weight excluding hydrogens is 432 g/mol. The van der Waals surface area contributed by atoms with Gasteiger partial charge in [0.25, 0.3) is 0 Å². The Kier molecular flexibility index (Phi) is 6.30. The fraction of sp³-hybridized carbons (Fsp3) is 0.387. The van der Waals surface area contributed by atoms with Gasteiger partial charge in [0.1, 0.15) is 12.4 Å². The van der Waals surface area contributed by atoms with E-state index in [4.69, 9.17) is 4.74 Å². The number of carbonyl (C=O) groups excluding carboxylic acids is 1. The van der Waals surface area contributed by atoms with E-state index in [0.29, 0.717) is 18.3 Å². The first-order valence-corrected chi connectivity index (χ1v) is 13.1. The average Bonchev–Trinajstić information content (AvgIpc) is 3.40. The van der Waals surface area contributed by atoms with Gasteiger partial charge in [-0.05, 0) is 86.5 Å². The minimum atomic E-state index is 0.127. The van der Waals surface area contributed by atoms with Crippen LogP contribution in [-0.4, -0.2) is 34.9 Å². The molecular formula is C31H34N2O2. The van der Waals surface area contributed by atoms with Gasteiger partial charge < -0.3 is 9.30 Å². The zero-order valence-corrected chi connectivity index (χ0v) is 20.4. The lowest BCUT2D eigenvalue weighted by Crippen LogP contribution is -2.34. The number of aromatic nitrogens is 1. The standard InChI is InChI=1S/C31H34N2O2/c34-31-27(17-23-13-15-32(16-14-23)20-24-7-3-1-4-8-24)21-33-29-12-11-28(18-26(29)19-30(31)33)35-22-25-9-5-2-6-10-25/h1-5,7-9,11-12,18-19,23,27H,6,10,13-17,20-22H2. The summed E-state index contributed by atoms with van der Waals surface area (Å²) in [4.78, 5) is 15.8. The van der Waals surface area contributed by atoms with Crippen molar-refractivity contribution in [3.63, 3.8) is 0 Å². The smallest absolute Gasteiger partial charge is 0.184 e. The minimum Gasteiger partial charge on any atom is -0.489 e. The zero-order valence-electron chi connectivity index (χ0n) is 20.4. The molecule has 6 rings (SSSR count). The molecule has 4 nitrogen and oxygen atoms in total. The van der Waals surface area contributed by atoms with Crippen LogP contribution in [-0.2, 0) is 13.1 Å². The van der Waals surface area contributed by atoms with Gasteiger partial charge in [0.15, 0.2) is 5.78 Å². The van der Waals surface area contributed by atoms with E-state index < -0.39 is 0 Å². The van der Waals surface area contributed by atoms with Gasteiger partial charge in [0, 0.05) is 29.9 Å². The van der Waals surface area contributed by atoms with E-state index in [1.165, 1.54) is 24.0 Å². The van der Waals surface area contributed by atoms with Crippen molar-refractivity contribution in [3.05, 3.63) is 89.7 Å². The van der Waals surface area contributed by atoms with Crippen molar-refractivity contribution < 1.29 is 9.53 Å². The number of allylic oxidation sites excluding steroid dienone is 3. The molecule has 1 saturated heterocycles. The Bertz CT molecular complexity index is 1260. The van der Waals surface area contributed by atoms with Crippen LogP contribution < -0.4 is 4.74 Å². The van der Waals surface area contributed by atoms with Gasteiger partial charge in [0.2, 0.25) is 0 Å². The van der Waals surface area contributed by atoms with E-state index in [-0.39, 0.29) is 5.92 Å². The molecule has 1 atom stereocenters. The van der Waals surface area contributed by atoms with Crippen molar-refractivity contribution >= 4 is 16.7 Å². The Morgan fingerprint density at radius 1 is 1.00 bits per heavy atom. The highest BCUT2D eigenvalue weighted by atomic mass is 16.5. The Morgan fingerprint density at radius 3 is 2.66 bits per heavy atom. The summed E-state index contributed by atoms with van der Waals surface area (Å²) < 4.78 is 8.29. The Morgan fingerprint density at radius 2 is 1.86 bits per heavy atom. The highest BCUT2D eigenvalue weighted by molar-refractivity contribution is 6.03. The first kappa shape index (κ1) is 22.4. The summed E-state index contributed by atoms with van der Waals surface area (Å²) in [6, 6.07) is 19.1. The fourth-order valence-electron chi connectivity index (χ4n) is 6.01. The lowest BCUT2D eigenvalue weighted by atomic mass is 9.85. The molecule has 0 amide bonds. The SMILES string of the molecule is O=C1c2cc3cc(OCC4=CC=CCC4)ccc3n2CC1CC1CCN(Cc2ccccc2)CC1. The van der Waals surface area contributed by atoms with Gasteiger partial charge in [-0.25, -0.2) is 0 Å². The van der Waals surface area contributed by atoms with Gasteiger partial charge >= 0.3 is 0 Å². The van der Waals surface area contributed by atoms with Gasteiger partial charge in [-0.3, -0.25) is 9.69 Å². The zero-order chi connectivity index (χ0) is 23.6. The molecule has 2 aliphatic heterocycles. The number of carbonyl (C=O) groups is 1. The number of benzene rings is 2. The van der Waals surface area contributed by atoms with Crippen molar-refractivity contribution in [1.29, 1.82) is 0 Å². The molecule has 180 valence electrons. The summed E-state index contributed by atoms with van der Waals surface area (Å²) in [6.07, 6.45) is 12.0. The number of nitrogens with zero attached hydrogens (tertiary/aromatic N) is 2. The van der Waals surface area contributed by atoms with Crippen LogP contribution in [0.2, 0.25) is 0 Å². The first-order chi connectivity index (χ1) is 17.2. The number of Topliss-reactive ketones (excluding diaryl/α,β-unsaturated/α-hetero) is 1. The van der Waals surface area contributed by atoms with Gasteiger partial charge in [0.05, 0.1) is 5.69 Å². The number of ether oxygens (including phenoxy) is 1. The monoisotopic (exact) mass is 466 g/mol. The van der Waals surface area contributed by atoms with E-state index >= 15 is 0 Å². The number of hydrogen-bond acceptors (Lipinski definition) is 3. The van der Waals surface area contributed by atoms with Crippen LogP contribution in [0.1, 0.15) is 48.2 Å². The first-order valence-electron chi connectivity index (χ1n) is 13.1. The van der Waals surface area contributed by atoms with Crippen LogP contribution in [0, 0.1) is 11.8 Å². The van der Waals surface area contributed by atoms with Crippen LogP contribution in [0.25, 0.3) is 10.9 Å². The molecule has 0 saturated carbocycles. The number of piperidine rings is 1. The molecule has 1 aliphatic carbocycles. The van der Waals surface area contributed by atoms with Crippen molar-refractivity contribution in [1.82, 2.24) is 9.47 Å². The van der Waals surface area contributed by atoms with E-state index in [0.717, 1.165) is 67.8 Å². The maximum Gasteiger partial charge on any atom is 0.184 e. The minimum absolute atomic E-state index is 0.127. The van der Waals surface area contributed by atoms with E-state index in [1.807, 2.05) is 0 Å². The number of rotatable bonds is 7. The lowest BCUT2D eigenvalue weighted by molar-refractivity contribution is 0.0894. The molecule has 1 aromatic heterocycles. The van der Waals surface area contributed by atoms with Gasteiger partial charge in [-0.15, -0.1) is 0 Å². The maximum atomic E-state index is 13.3. The third kappa shape index (κ3) is 4.85. The fourth-order valence-corrected chi connectivity index (χ4v) is 6.01. The molecule has 1 fully saturated rings. The molecule has 4 heteroatoms.